The molecule has 0 aromatic heterocycles. The van der Waals surface area contributed by atoms with Gasteiger partial charge in [-0.25, -0.2) is 16.8 Å². The SMILES string of the molecule is COc1cccc(N(CC(=O)NCCOc2ccc(S(=O)(=O)N3CCCC3)cc2)S(C)(=O)=O)c1. The fourth-order valence-corrected chi connectivity index (χ4v) is 5.86. The Morgan fingerprint density at radius 3 is 2.32 bits per heavy atom. The van der Waals surface area contributed by atoms with Gasteiger partial charge in [0, 0.05) is 19.2 Å². The smallest absolute Gasteiger partial charge is 0.243 e. The van der Waals surface area contributed by atoms with E-state index in [4.69, 9.17) is 9.47 Å². The third-order valence-corrected chi connectivity index (χ3v) is 8.30. The molecule has 0 aliphatic carbocycles. The number of benzene rings is 2. The van der Waals surface area contributed by atoms with Gasteiger partial charge in [-0.1, -0.05) is 6.07 Å². The number of carbonyl (C=O) groups excluding carboxylic acids is 1. The van der Waals surface area contributed by atoms with Crippen LogP contribution in [-0.4, -0.2) is 73.2 Å². The van der Waals surface area contributed by atoms with E-state index in [0.717, 1.165) is 23.4 Å². The Kier molecular flexibility index (Phi) is 8.39. The van der Waals surface area contributed by atoms with Crippen molar-refractivity contribution in [2.45, 2.75) is 17.7 Å². The molecule has 1 amide bonds. The lowest BCUT2D eigenvalue weighted by atomic mass is 10.3. The molecule has 3 rings (SSSR count). The average Bonchev–Trinajstić information content (AvgIpc) is 3.36. The summed E-state index contributed by atoms with van der Waals surface area (Å²) in [5, 5.41) is 2.62. The van der Waals surface area contributed by atoms with E-state index in [2.05, 4.69) is 5.32 Å². The molecule has 1 N–H and O–H groups in total. The Hall–Kier alpha value is -2.83. The van der Waals surface area contributed by atoms with E-state index in [9.17, 15) is 21.6 Å². The topological polar surface area (TPSA) is 122 Å². The molecule has 186 valence electrons. The zero-order chi connectivity index (χ0) is 24.8. The van der Waals surface area contributed by atoms with Crippen LogP contribution in [0, 0.1) is 0 Å². The number of carbonyl (C=O) groups is 1. The molecule has 34 heavy (non-hydrogen) atoms. The van der Waals surface area contributed by atoms with Crippen LogP contribution in [-0.2, 0) is 24.8 Å². The van der Waals surface area contributed by atoms with Crippen LogP contribution in [0.5, 0.6) is 11.5 Å². The fourth-order valence-electron chi connectivity index (χ4n) is 3.50. The van der Waals surface area contributed by atoms with Crippen molar-refractivity contribution in [2.24, 2.45) is 0 Å². The summed E-state index contributed by atoms with van der Waals surface area (Å²) in [6.07, 6.45) is 2.76. The molecule has 2 aromatic carbocycles. The second kappa shape index (κ2) is 11.1. The maximum Gasteiger partial charge on any atom is 0.243 e. The summed E-state index contributed by atoms with van der Waals surface area (Å²) in [6.45, 7) is 0.948. The zero-order valence-corrected chi connectivity index (χ0v) is 20.8. The quantitative estimate of drug-likeness (QED) is 0.453. The van der Waals surface area contributed by atoms with Crippen LogP contribution < -0.4 is 19.1 Å². The number of anilines is 1. The lowest BCUT2D eigenvalue weighted by Crippen LogP contribution is -2.41. The Labute approximate surface area is 200 Å². The minimum Gasteiger partial charge on any atom is -0.497 e. The second-order valence-corrected chi connectivity index (χ2v) is 11.6. The minimum atomic E-state index is -3.70. The Balaban J connectivity index is 1.50. The maximum absolute atomic E-state index is 12.6. The van der Waals surface area contributed by atoms with Crippen LogP contribution in [0.4, 0.5) is 5.69 Å². The average molecular weight is 512 g/mol. The molecule has 0 spiro atoms. The van der Waals surface area contributed by atoms with Crippen molar-refractivity contribution in [1.82, 2.24) is 9.62 Å². The largest absolute Gasteiger partial charge is 0.497 e. The number of rotatable bonds is 11. The third kappa shape index (κ3) is 6.61. The van der Waals surface area contributed by atoms with Crippen LogP contribution in [0.2, 0.25) is 0 Å². The monoisotopic (exact) mass is 511 g/mol. The highest BCUT2D eigenvalue weighted by molar-refractivity contribution is 7.92. The summed E-state index contributed by atoms with van der Waals surface area (Å²) in [6, 6.07) is 12.6. The van der Waals surface area contributed by atoms with Gasteiger partial charge in [-0.3, -0.25) is 9.10 Å². The molecular formula is C22H29N3O7S2. The van der Waals surface area contributed by atoms with E-state index >= 15 is 0 Å². The van der Waals surface area contributed by atoms with E-state index < -0.39 is 32.5 Å². The fraction of sp³-hybridized carbons (Fsp3) is 0.409. The molecule has 1 saturated heterocycles. The predicted octanol–water partition coefficient (Wildman–Crippen LogP) is 1.44. The lowest BCUT2D eigenvalue weighted by molar-refractivity contribution is -0.119. The Morgan fingerprint density at radius 1 is 1.03 bits per heavy atom. The van der Waals surface area contributed by atoms with Gasteiger partial charge in [-0.2, -0.15) is 4.31 Å². The predicted molar refractivity (Wildman–Crippen MR) is 128 cm³/mol. The van der Waals surface area contributed by atoms with E-state index in [1.165, 1.54) is 29.6 Å². The van der Waals surface area contributed by atoms with Crippen molar-refractivity contribution in [2.75, 3.05) is 50.5 Å². The van der Waals surface area contributed by atoms with E-state index in [1.807, 2.05) is 0 Å². The molecule has 1 aliphatic heterocycles. The molecule has 0 atom stereocenters. The number of nitrogens with one attached hydrogen (secondary N) is 1. The maximum atomic E-state index is 12.6. The first-order valence-corrected chi connectivity index (χ1v) is 14.0. The minimum absolute atomic E-state index is 0.127. The number of amides is 1. The van der Waals surface area contributed by atoms with Crippen LogP contribution in [0.25, 0.3) is 0 Å². The molecule has 0 unspecified atom stereocenters. The molecule has 2 aromatic rings. The van der Waals surface area contributed by atoms with Crippen molar-refractivity contribution in [1.29, 1.82) is 0 Å². The van der Waals surface area contributed by atoms with Gasteiger partial charge >= 0.3 is 0 Å². The number of sulfonamides is 2. The highest BCUT2D eigenvalue weighted by Gasteiger charge is 2.27. The molecule has 10 nitrogen and oxygen atoms in total. The molecule has 12 heteroatoms. The summed E-state index contributed by atoms with van der Waals surface area (Å²) in [5.41, 5.74) is 0.317. The summed E-state index contributed by atoms with van der Waals surface area (Å²) in [7, 11) is -5.72. The Bertz CT molecular complexity index is 1190. The van der Waals surface area contributed by atoms with Crippen molar-refractivity contribution in [3.05, 3.63) is 48.5 Å². The van der Waals surface area contributed by atoms with E-state index in [1.54, 1.807) is 30.3 Å². The van der Waals surface area contributed by atoms with Gasteiger partial charge in [0.15, 0.2) is 0 Å². The van der Waals surface area contributed by atoms with Crippen LogP contribution in [0.15, 0.2) is 53.4 Å². The van der Waals surface area contributed by atoms with Crippen molar-refractivity contribution in [3.63, 3.8) is 0 Å². The third-order valence-electron chi connectivity index (χ3n) is 5.25. The summed E-state index contributed by atoms with van der Waals surface area (Å²) in [4.78, 5) is 12.6. The number of hydrogen-bond acceptors (Lipinski definition) is 7. The summed E-state index contributed by atoms with van der Waals surface area (Å²) in [5.74, 6) is 0.437. The van der Waals surface area contributed by atoms with Gasteiger partial charge < -0.3 is 14.8 Å². The first kappa shape index (κ1) is 25.8. The molecular weight excluding hydrogens is 482 g/mol. The number of nitrogens with zero attached hydrogens (tertiary/aromatic N) is 2. The van der Waals surface area contributed by atoms with Gasteiger partial charge in [0.2, 0.25) is 26.0 Å². The van der Waals surface area contributed by atoms with Gasteiger partial charge in [-0.05, 0) is 49.2 Å². The van der Waals surface area contributed by atoms with E-state index in [0.29, 0.717) is 30.3 Å². The molecule has 0 bridgehead atoms. The molecule has 1 heterocycles. The van der Waals surface area contributed by atoms with Crippen LogP contribution in [0.3, 0.4) is 0 Å². The van der Waals surface area contributed by atoms with Gasteiger partial charge in [0.25, 0.3) is 0 Å². The second-order valence-electron chi connectivity index (χ2n) is 7.75. The normalized spacial score (nSPS) is 14.5. The van der Waals surface area contributed by atoms with Gasteiger partial charge in [-0.15, -0.1) is 0 Å². The highest BCUT2D eigenvalue weighted by atomic mass is 32.2. The first-order valence-electron chi connectivity index (χ1n) is 10.7. The van der Waals surface area contributed by atoms with Gasteiger partial charge in [0.05, 0.1) is 30.5 Å². The molecule has 0 radical (unpaired) electrons. The highest BCUT2D eigenvalue weighted by Crippen LogP contribution is 2.24. The standard InChI is InChI=1S/C22H29N3O7S2/c1-31-20-7-5-6-18(16-20)25(33(2,27)28)17-22(26)23-12-15-32-19-8-10-21(11-9-19)34(29,30)24-13-3-4-14-24/h5-11,16H,3-4,12-15,17H2,1-2H3,(H,23,26). The summed E-state index contributed by atoms with van der Waals surface area (Å²) < 4.78 is 62.7. The van der Waals surface area contributed by atoms with Crippen molar-refractivity contribution >= 4 is 31.6 Å². The zero-order valence-electron chi connectivity index (χ0n) is 19.1. The Morgan fingerprint density at radius 2 is 1.71 bits per heavy atom. The number of hydrogen-bond donors (Lipinski definition) is 1. The number of methoxy groups -OCH3 is 1. The summed E-state index contributed by atoms with van der Waals surface area (Å²) >= 11 is 0. The van der Waals surface area contributed by atoms with Crippen molar-refractivity contribution < 1.29 is 31.1 Å². The van der Waals surface area contributed by atoms with Crippen molar-refractivity contribution in [3.8, 4) is 11.5 Å². The van der Waals surface area contributed by atoms with E-state index in [-0.39, 0.29) is 18.0 Å². The van der Waals surface area contributed by atoms with Crippen LogP contribution >= 0.6 is 0 Å². The molecule has 0 saturated carbocycles. The van der Waals surface area contributed by atoms with Gasteiger partial charge in [0.1, 0.15) is 24.7 Å². The molecule has 1 fully saturated rings. The lowest BCUT2D eigenvalue weighted by Gasteiger charge is -2.22. The molecule has 1 aliphatic rings. The van der Waals surface area contributed by atoms with Crippen LogP contribution in [0.1, 0.15) is 12.8 Å². The first-order chi connectivity index (χ1) is 16.1. The number of ether oxygens (including phenoxy) is 2.